The van der Waals surface area contributed by atoms with Gasteiger partial charge in [-0.1, -0.05) is 0 Å². The van der Waals surface area contributed by atoms with E-state index in [1.165, 1.54) is 12.0 Å². The summed E-state index contributed by atoms with van der Waals surface area (Å²) in [4.78, 5) is 24.9. The largest absolute Gasteiger partial charge is 0.468 e. The molecule has 1 aromatic heterocycles. The van der Waals surface area contributed by atoms with E-state index in [9.17, 15) is 9.59 Å². The molecule has 0 unspecified atom stereocenters. The third kappa shape index (κ3) is 3.03. The number of nitrogens with two attached hydrogens (primary N) is 1. The van der Waals surface area contributed by atoms with Crippen molar-refractivity contribution in [1.29, 1.82) is 0 Å². The molecule has 0 fully saturated rings. The van der Waals surface area contributed by atoms with Crippen LogP contribution in [-0.2, 0) is 16.1 Å². The van der Waals surface area contributed by atoms with Crippen molar-refractivity contribution in [3.05, 3.63) is 18.0 Å². The van der Waals surface area contributed by atoms with E-state index in [1.807, 2.05) is 13.8 Å². The van der Waals surface area contributed by atoms with Crippen molar-refractivity contribution in [3.63, 3.8) is 0 Å². The SMILES string of the molecule is CCN(CC(=O)OC)C(=O)c1cc(N)cn1CC. The first kappa shape index (κ1) is 14.1. The molecule has 0 aliphatic carbocycles. The number of aromatic nitrogens is 1. The topological polar surface area (TPSA) is 77.6 Å². The zero-order valence-corrected chi connectivity index (χ0v) is 11.0. The molecule has 1 heterocycles. The molecule has 2 N–H and O–H groups in total. The van der Waals surface area contributed by atoms with E-state index in [1.54, 1.807) is 16.8 Å². The minimum absolute atomic E-state index is 0.0549. The minimum atomic E-state index is -0.437. The summed E-state index contributed by atoms with van der Waals surface area (Å²) in [6.45, 7) is 4.76. The van der Waals surface area contributed by atoms with Gasteiger partial charge < -0.3 is 19.9 Å². The predicted octanol–water partition coefficient (Wildman–Crippen LogP) is 0.725. The van der Waals surface area contributed by atoms with E-state index >= 15 is 0 Å². The molecule has 0 radical (unpaired) electrons. The van der Waals surface area contributed by atoms with Crippen molar-refractivity contribution in [2.24, 2.45) is 0 Å². The van der Waals surface area contributed by atoms with Crippen molar-refractivity contribution >= 4 is 17.6 Å². The second-order valence-electron chi connectivity index (χ2n) is 3.84. The lowest BCUT2D eigenvalue weighted by atomic mass is 10.3. The molecule has 0 saturated carbocycles. The van der Waals surface area contributed by atoms with Gasteiger partial charge in [-0.25, -0.2) is 0 Å². The van der Waals surface area contributed by atoms with E-state index in [0.29, 0.717) is 24.5 Å². The molecule has 6 nitrogen and oxygen atoms in total. The fraction of sp³-hybridized carbons (Fsp3) is 0.500. The molecule has 0 aromatic carbocycles. The summed E-state index contributed by atoms with van der Waals surface area (Å²) >= 11 is 0. The number of carbonyl (C=O) groups excluding carboxylic acids is 2. The van der Waals surface area contributed by atoms with Crippen molar-refractivity contribution < 1.29 is 14.3 Å². The van der Waals surface area contributed by atoms with E-state index in [2.05, 4.69) is 4.74 Å². The van der Waals surface area contributed by atoms with E-state index < -0.39 is 5.97 Å². The van der Waals surface area contributed by atoms with Gasteiger partial charge in [0, 0.05) is 19.3 Å². The molecular weight excluding hydrogens is 234 g/mol. The Labute approximate surface area is 106 Å². The lowest BCUT2D eigenvalue weighted by molar-refractivity contribution is -0.141. The van der Waals surface area contributed by atoms with E-state index in [4.69, 9.17) is 5.73 Å². The summed E-state index contributed by atoms with van der Waals surface area (Å²) in [7, 11) is 1.30. The van der Waals surface area contributed by atoms with Gasteiger partial charge in [0.05, 0.1) is 12.8 Å². The molecule has 18 heavy (non-hydrogen) atoms. The van der Waals surface area contributed by atoms with Gasteiger partial charge >= 0.3 is 5.97 Å². The van der Waals surface area contributed by atoms with Crippen molar-refractivity contribution in [2.75, 3.05) is 25.9 Å². The molecule has 0 aliphatic heterocycles. The number of rotatable bonds is 5. The van der Waals surface area contributed by atoms with Crippen LogP contribution in [0.3, 0.4) is 0 Å². The first-order valence-corrected chi connectivity index (χ1v) is 5.85. The molecule has 0 bridgehead atoms. The van der Waals surface area contributed by atoms with Crippen LogP contribution >= 0.6 is 0 Å². The fourth-order valence-corrected chi connectivity index (χ4v) is 1.68. The predicted molar refractivity (Wildman–Crippen MR) is 68.1 cm³/mol. The first-order valence-electron chi connectivity index (χ1n) is 5.85. The van der Waals surface area contributed by atoms with E-state index in [0.717, 1.165) is 0 Å². The highest BCUT2D eigenvalue weighted by Crippen LogP contribution is 2.13. The number of anilines is 1. The standard InChI is InChI=1S/C12H19N3O3/c1-4-14-7-9(13)6-10(14)12(17)15(5-2)8-11(16)18-3/h6-7H,4-5,8,13H2,1-3H3. The van der Waals surface area contributed by atoms with Gasteiger partial charge in [0.2, 0.25) is 0 Å². The summed E-state index contributed by atoms with van der Waals surface area (Å²) in [5.74, 6) is -0.658. The van der Waals surface area contributed by atoms with Crippen LogP contribution in [0, 0.1) is 0 Å². The molecule has 0 saturated heterocycles. The van der Waals surface area contributed by atoms with Crippen LogP contribution in [-0.4, -0.2) is 41.5 Å². The number of nitrogen functional groups attached to an aromatic ring is 1. The Balaban J connectivity index is 2.92. The number of aryl methyl sites for hydroxylation is 1. The maximum Gasteiger partial charge on any atom is 0.325 e. The smallest absolute Gasteiger partial charge is 0.325 e. The first-order chi connectivity index (χ1) is 8.53. The lowest BCUT2D eigenvalue weighted by Crippen LogP contribution is -2.37. The Morgan fingerprint density at radius 3 is 2.61 bits per heavy atom. The molecule has 1 amide bonds. The van der Waals surface area contributed by atoms with E-state index in [-0.39, 0.29) is 12.5 Å². The molecule has 100 valence electrons. The zero-order valence-electron chi connectivity index (χ0n) is 11.0. The van der Waals surface area contributed by atoms with Gasteiger partial charge in [0.25, 0.3) is 5.91 Å². The maximum atomic E-state index is 12.3. The summed E-state index contributed by atoms with van der Waals surface area (Å²) in [6.07, 6.45) is 1.71. The number of methoxy groups -OCH3 is 1. The normalized spacial score (nSPS) is 10.2. The lowest BCUT2D eigenvalue weighted by Gasteiger charge is -2.20. The highest BCUT2D eigenvalue weighted by atomic mass is 16.5. The summed E-state index contributed by atoms with van der Waals surface area (Å²) in [6, 6.07) is 1.62. The third-order valence-electron chi connectivity index (χ3n) is 2.69. The fourth-order valence-electron chi connectivity index (χ4n) is 1.68. The second-order valence-corrected chi connectivity index (χ2v) is 3.84. The second kappa shape index (κ2) is 6.09. The van der Waals surface area contributed by atoms with Crippen molar-refractivity contribution in [1.82, 2.24) is 9.47 Å². The van der Waals surface area contributed by atoms with Gasteiger partial charge in [0.15, 0.2) is 0 Å². The third-order valence-corrected chi connectivity index (χ3v) is 2.69. The van der Waals surface area contributed by atoms with Crippen LogP contribution in [0.1, 0.15) is 24.3 Å². The summed E-state index contributed by atoms with van der Waals surface area (Å²) in [5, 5.41) is 0. The van der Waals surface area contributed by atoms with Gasteiger partial charge in [0.1, 0.15) is 12.2 Å². The van der Waals surface area contributed by atoms with Gasteiger partial charge in [-0.15, -0.1) is 0 Å². The average molecular weight is 253 g/mol. The van der Waals surface area contributed by atoms with Crippen LogP contribution in [0.15, 0.2) is 12.3 Å². The van der Waals surface area contributed by atoms with Crippen LogP contribution in [0.4, 0.5) is 5.69 Å². The molecule has 0 aliphatic rings. The molecule has 1 aromatic rings. The summed E-state index contributed by atoms with van der Waals surface area (Å²) in [5.41, 5.74) is 6.70. The molecule has 1 rings (SSSR count). The highest BCUT2D eigenvalue weighted by Gasteiger charge is 2.20. The Morgan fingerprint density at radius 2 is 2.11 bits per heavy atom. The van der Waals surface area contributed by atoms with Crippen molar-refractivity contribution in [3.8, 4) is 0 Å². The number of amides is 1. The number of likely N-dealkylation sites (N-methyl/N-ethyl adjacent to an activating group) is 1. The Kier molecular flexibility index (Phi) is 4.76. The van der Waals surface area contributed by atoms with Gasteiger partial charge in [-0.3, -0.25) is 9.59 Å². The number of hydrogen-bond acceptors (Lipinski definition) is 4. The quantitative estimate of drug-likeness (QED) is 0.784. The monoisotopic (exact) mass is 253 g/mol. The Hall–Kier alpha value is -1.98. The highest BCUT2D eigenvalue weighted by molar-refractivity contribution is 5.95. The molecule has 0 atom stereocenters. The molecule has 6 heteroatoms. The van der Waals surface area contributed by atoms with Crippen LogP contribution in [0.5, 0.6) is 0 Å². The molecule has 0 spiro atoms. The van der Waals surface area contributed by atoms with Crippen LogP contribution in [0.2, 0.25) is 0 Å². The van der Waals surface area contributed by atoms with Gasteiger partial charge in [-0.2, -0.15) is 0 Å². The van der Waals surface area contributed by atoms with Gasteiger partial charge in [-0.05, 0) is 19.9 Å². The number of hydrogen-bond donors (Lipinski definition) is 1. The molecular formula is C12H19N3O3. The zero-order chi connectivity index (χ0) is 13.7. The Morgan fingerprint density at radius 1 is 1.44 bits per heavy atom. The number of carbonyl (C=O) groups is 2. The Bertz CT molecular complexity index is 440. The minimum Gasteiger partial charge on any atom is -0.468 e. The number of esters is 1. The van der Waals surface area contributed by atoms with Crippen LogP contribution < -0.4 is 5.73 Å². The van der Waals surface area contributed by atoms with Crippen LogP contribution in [0.25, 0.3) is 0 Å². The number of nitrogens with zero attached hydrogens (tertiary/aromatic N) is 2. The average Bonchev–Trinajstić information content (AvgIpc) is 2.75. The van der Waals surface area contributed by atoms with Crippen molar-refractivity contribution in [2.45, 2.75) is 20.4 Å². The number of ether oxygens (including phenoxy) is 1. The summed E-state index contributed by atoms with van der Waals surface area (Å²) < 4.78 is 6.33. The maximum absolute atomic E-state index is 12.3.